The van der Waals surface area contributed by atoms with Gasteiger partial charge in [-0.3, -0.25) is 4.79 Å². The first-order valence-electron chi connectivity index (χ1n) is 1.10. The molecule has 0 saturated heterocycles. The molecule has 0 unspecified atom stereocenters. The minimum atomic E-state index is -0.881. The zero-order valence-corrected chi connectivity index (χ0v) is 10.3. The number of carbonyl (C=O) groups is 1. The summed E-state index contributed by atoms with van der Waals surface area (Å²) in [7, 11) is 0. The second kappa shape index (κ2) is 11.0. The summed E-state index contributed by atoms with van der Waals surface area (Å²) in [5.41, 5.74) is 0. The van der Waals surface area contributed by atoms with E-state index in [0.717, 1.165) is 0 Å². The number of carboxylic acids is 1. The molecule has 1 N–H and O–H groups in total. The van der Waals surface area contributed by atoms with E-state index >= 15 is 0 Å². The van der Waals surface area contributed by atoms with Crippen LogP contribution in [0.15, 0.2) is 0 Å². The molecule has 0 radical (unpaired) electrons. The number of aliphatic carboxylic acids is 1. The topological polar surface area (TPSA) is 37.3 Å². The van der Waals surface area contributed by atoms with Crippen LogP contribution in [-0.4, -0.2) is 16.8 Å². The van der Waals surface area contributed by atoms with Crippen LogP contribution in [0.3, 0.4) is 0 Å². The van der Waals surface area contributed by atoms with Crippen LogP contribution in [0.1, 0.15) is 1.43 Å². The predicted molar refractivity (Wildman–Crippen MR) is 38.0 cm³/mol. The average Bonchev–Trinajstić information content (AvgIpc) is 1.38. The normalized spacial score (nSPS) is 5.29. The maximum atomic E-state index is 9.29. The van der Waals surface area contributed by atoms with Gasteiger partial charge in [-0.2, -0.15) is 12.6 Å². The number of rotatable bonds is 1. The first kappa shape index (κ1) is 16.1. The van der Waals surface area contributed by atoms with E-state index in [-0.39, 0.29) is 82.5 Å². The summed E-state index contributed by atoms with van der Waals surface area (Å²) in [4.78, 5) is 9.29. The third-order valence-corrected chi connectivity index (χ3v) is 0.406. The van der Waals surface area contributed by atoms with Crippen LogP contribution in [0, 0.1) is 0 Å². The van der Waals surface area contributed by atoms with Crippen molar-refractivity contribution < 1.29 is 62.7 Å². The molecule has 0 aromatic heterocycles. The molecular weight excluding hydrogens is 254 g/mol. The fraction of sp³-hybridized carbons (Fsp3) is 0.500. The summed E-state index contributed by atoms with van der Waals surface area (Å²) in [6.45, 7) is 0. The van der Waals surface area contributed by atoms with Gasteiger partial charge in [0.25, 0.3) is 0 Å². The molecule has 0 saturated carbocycles. The van der Waals surface area contributed by atoms with Crippen molar-refractivity contribution in [3.8, 4) is 0 Å². The van der Waals surface area contributed by atoms with Crippen LogP contribution in [0.25, 0.3) is 0 Å². The summed E-state index contributed by atoms with van der Waals surface area (Å²) < 4.78 is 0. The molecule has 0 rings (SSSR count). The molecule has 0 bridgehead atoms. The monoisotopic (exact) mass is 260 g/mol. The summed E-state index contributed by atoms with van der Waals surface area (Å²) >= 11 is 3.42. The average molecular weight is 260 g/mol. The van der Waals surface area contributed by atoms with Gasteiger partial charge in [0.1, 0.15) is 0 Å². The molecular formula is C2H6IKO2S. The van der Waals surface area contributed by atoms with E-state index in [4.69, 9.17) is 5.11 Å². The molecule has 0 aliphatic heterocycles. The van der Waals surface area contributed by atoms with Crippen LogP contribution in [0.4, 0.5) is 0 Å². The molecule has 40 valence electrons. The Kier molecular flexibility index (Phi) is 25.4. The van der Waals surface area contributed by atoms with Gasteiger partial charge in [0.2, 0.25) is 0 Å². The number of halogens is 1. The smallest absolute Gasteiger partial charge is 1.00 e. The van der Waals surface area contributed by atoms with Gasteiger partial charge in [0, 0.05) is 0 Å². The number of hydrogen-bond acceptors (Lipinski definition) is 2. The standard InChI is InChI=1S/C2H4O2S.HI.K.H/c3-2(4)1-5;;;/h5H,1H2,(H,3,4);1H;;/q;;+1;-1. The molecule has 0 aromatic carbocycles. The van der Waals surface area contributed by atoms with E-state index in [2.05, 4.69) is 12.6 Å². The van der Waals surface area contributed by atoms with Gasteiger partial charge in [-0.1, -0.05) is 0 Å². The first-order valence-corrected chi connectivity index (χ1v) is 1.73. The zero-order valence-electron chi connectivity index (χ0n) is 4.92. The quantitative estimate of drug-likeness (QED) is 0.317. The predicted octanol–water partition coefficient (Wildman–Crippen LogP) is -2.26. The van der Waals surface area contributed by atoms with Gasteiger partial charge < -0.3 is 6.53 Å². The molecule has 0 fully saturated rings. The molecule has 2 nitrogen and oxygen atoms in total. The second-order valence-electron chi connectivity index (χ2n) is 0.552. The Morgan fingerprint density at radius 3 is 2.00 bits per heavy atom. The Bertz CT molecular complexity index is 55.3. The summed E-state index contributed by atoms with van der Waals surface area (Å²) in [6.07, 6.45) is 0. The van der Waals surface area contributed by atoms with E-state index in [1.165, 1.54) is 0 Å². The fourth-order valence-corrected chi connectivity index (χ4v) is 0. The Morgan fingerprint density at radius 1 is 1.86 bits per heavy atom. The molecule has 0 aliphatic carbocycles. The molecule has 0 amide bonds. The number of carboxylic acid groups (broad SMARTS) is 1. The maximum absolute atomic E-state index is 9.29. The van der Waals surface area contributed by atoms with Gasteiger partial charge in [-0.25, -0.2) is 0 Å². The molecule has 0 spiro atoms. The number of hydrogen-bond donors (Lipinski definition) is 2. The zero-order chi connectivity index (χ0) is 4.28. The minimum absolute atomic E-state index is 0. The third-order valence-electron chi connectivity index (χ3n) is 0.135. The third kappa shape index (κ3) is 17.9. The van der Waals surface area contributed by atoms with Crippen molar-refractivity contribution in [2.45, 2.75) is 0 Å². The molecule has 0 aromatic rings. The van der Waals surface area contributed by atoms with Gasteiger partial charge >= 0.3 is 57.4 Å². The van der Waals surface area contributed by atoms with Crippen molar-refractivity contribution in [3.63, 3.8) is 0 Å². The van der Waals surface area contributed by atoms with Crippen LogP contribution in [0.2, 0.25) is 0 Å². The minimum Gasteiger partial charge on any atom is -1.00 e. The Morgan fingerprint density at radius 2 is 2.00 bits per heavy atom. The van der Waals surface area contributed by atoms with E-state index in [1.54, 1.807) is 0 Å². The summed E-state index contributed by atoms with van der Waals surface area (Å²) in [6, 6.07) is 0. The van der Waals surface area contributed by atoms with Crippen LogP contribution >= 0.6 is 36.6 Å². The van der Waals surface area contributed by atoms with Crippen molar-refractivity contribution >= 4 is 42.6 Å². The van der Waals surface area contributed by atoms with Crippen molar-refractivity contribution in [1.82, 2.24) is 0 Å². The molecule has 5 heteroatoms. The Balaban J connectivity index is -0.0000000267. The molecule has 0 atom stereocenters. The van der Waals surface area contributed by atoms with Crippen molar-refractivity contribution in [2.24, 2.45) is 0 Å². The van der Waals surface area contributed by atoms with E-state index < -0.39 is 5.97 Å². The van der Waals surface area contributed by atoms with Crippen LogP contribution in [-0.2, 0) is 4.79 Å². The van der Waals surface area contributed by atoms with Gasteiger partial charge in [0.05, 0.1) is 5.75 Å². The Hall–Kier alpha value is 2.19. The Labute approximate surface area is 109 Å². The van der Waals surface area contributed by atoms with Crippen molar-refractivity contribution in [2.75, 3.05) is 5.75 Å². The molecule has 7 heavy (non-hydrogen) atoms. The number of thiol groups is 1. The van der Waals surface area contributed by atoms with Crippen LogP contribution < -0.4 is 51.4 Å². The summed E-state index contributed by atoms with van der Waals surface area (Å²) in [5.74, 6) is -0.965. The van der Waals surface area contributed by atoms with Gasteiger partial charge in [-0.15, -0.1) is 24.0 Å². The molecule has 0 aliphatic rings. The van der Waals surface area contributed by atoms with Gasteiger partial charge in [0.15, 0.2) is 0 Å². The van der Waals surface area contributed by atoms with Crippen LogP contribution in [0.5, 0.6) is 0 Å². The SMILES string of the molecule is I.O=C(O)CS.[H-].[K+]. The molecule has 0 heterocycles. The largest absolute Gasteiger partial charge is 1.00 e. The maximum Gasteiger partial charge on any atom is 1.00 e. The van der Waals surface area contributed by atoms with Gasteiger partial charge in [-0.05, 0) is 0 Å². The van der Waals surface area contributed by atoms with Crippen molar-refractivity contribution in [1.29, 1.82) is 0 Å². The second-order valence-corrected chi connectivity index (χ2v) is 0.868. The van der Waals surface area contributed by atoms with E-state index in [9.17, 15) is 4.79 Å². The van der Waals surface area contributed by atoms with E-state index in [0.29, 0.717) is 0 Å². The van der Waals surface area contributed by atoms with Crippen molar-refractivity contribution in [3.05, 3.63) is 0 Å². The fourth-order valence-electron chi connectivity index (χ4n) is 0. The summed E-state index contributed by atoms with van der Waals surface area (Å²) in [5, 5.41) is 7.65. The van der Waals surface area contributed by atoms with E-state index in [1.807, 2.05) is 0 Å². The first-order chi connectivity index (χ1) is 2.27.